The Morgan fingerprint density at radius 2 is 1.93 bits per heavy atom. The molecule has 1 aromatic rings. The average molecular weight is 257 g/mol. The third-order valence-electron chi connectivity index (χ3n) is 1.81. The van der Waals surface area contributed by atoms with Gasteiger partial charge in [0.2, 0.25) is 0 Å². The van der Waals surface area contributed by atoms with Crippen LogP contribution in [0.1, 0.15) is 5.56 Å². The van der Waals surface area contributed by atoms with Crippen molar-refractivity contribution in [3.05, 3.63) is 29.8 Å². The van der Waals surface area contributed by atoms with E-state index < -0.39 is 0 Å². The molecule has 0 aliphatic carbocycles. The van der Waals surface area contributed by atoms with Crippen molar-refractivity contribution >= 4 is 22.0 Å². The summed E-state index contributed by atoms with van der Waals surface area (Å²) in [4.78, 5) is 0. The van der Waals surface area contributed by atoms with Gasteiger partial charge in [-0.2, -0.15) is 0 Å². The maximum absolute atomic E-state index is 5.19. The Morgan fingerprint density at radius 3 is 2.50 bits per heavy atom. The van der Waals surface area contributed by atoms with Gasteiger partial charge in [-0.05, 0) is 17.7 Å². The first-order chi connectivity index (χ1) is 6.81. The number of methoxy groups -OCH3 is 2. The molecule has 0 aliphatic rings. The van der Waals surface area contributed by atoms with Crippen molar-refractivity contribution in [1.82, 2.24) is 0 Å². The summed E-state index contributed by atoms with van der Waals surface area (Å²) in [6.07, 6.45) is 4.05. The second kappa shape index (κ2) is 5.70. The summed E-state index contributed by atoms with van der Waals surface area (Å²) in [6.45, 7) is 0. The molecule has 1 aromatic carbocycles. The minimum Gasteiger partial charge on any atom is -0.493 e. The predicted molar refractivity (Wildman–Crippen MR) is 62.4 cm³/mol. The lowest BCUT2D eigenvalue weighted by Crippen LogP contribution is -1.90. The van der Waals surface area contributed by atoms with Crippen LogP contribution in [0.3, 0.4) is 0 Å². The number of halogens is 1. The molecule has 0 aliphatic heterocycles. The summed E-state index contributed by atoms with van der Waals surface area (Å²) in [5.41, 5.74) is 1.10. The summed E-state index contributed by atoms with van der Waals surface area (Å²) < 4.78 is 10.3. The molecule has 2 nitrogen and oxygen atoms in total. The highest BCUT2D eigenvalue weighted by Crippen LogP contribution is 2.27. The van der Waals surface area contributed by atoms with Crippen LogP contribution in [0.4, 0.5) is 0 Å². The van der Waals surface area contributed by atoms with Crippen molar-refractivity contribution < 1.29 is 9.47 Å². The van der Waals surface area contributed by atoms with E-state index in [0.717, 1.165) is 22.4 Å². The monoisotopic (exact) mass is 256 g/mol. The van der Waals surface area contributed by atoms with Crippen LogP contribution in [-0.4, -0.2) is 19.5 Å². The number of benzene rings is 1. The van der Waals surface area contributed by atoms with Gasteiger partial charge in [0, 0.05) is 5.33 Å². The first-order valence-corrected chi connectivity index (χ1v) is 5.38. The van der Waals surface area contributed by atoms with Crippen LogP contribution in [-0.2, 0) is 0 Å². The van der Waals surface area contributed by atoms with Crippen molar-refractivity contribution in [3.8, 4) is 11.5 Å². The van der Waals surface area contributed by atoms with Gasteiger partial charge in [-0.25, -0.2) is 0 Å². The highest BCUT2D eigenvalue weighted by molar-refractivity contribution is 9.09. The fourth-order valence-electron chi connectivity index (χ4n) is 1.14. The zero-order valence-electron chi connectivity index (χ0n) is 8.29. The Balaban J connectivity index is 2.95. The smallest absolute Gasteiger partial charge is 0.161 e. The quantitative estimate of drug-likeness (QED) is 0.771. The molecule has 1 rings (SSSR count). The van der Waals surface area contributed by atoms with E-state index in [4.69, 9.17) is 9.47 Å². The number of ether oxygens (including phenoxy) is 2. The van der Waals surface area contributed by atoms with E-state index in [1.807, 2.05) is 30.4 Å². The average Bonchev–Trinajstić information content (AvgIpc) is 2.25. The van der Waals surface area contributed by atoms with E-state index in [1.54, 1.807) is 14.2 Å². The molecule has 0 saturated heterocycles. The first-order valence-electron chi connectivity index (χ1n) is 4.26. The zero-order chi connectivity index (χ0) is 10.4. The molecule has 0 unspecified atom stereocenters. The standard InChI is InChI=1S/C11H13BrO2/c1-13-10-6-5-9(4-3-7-12)8-11(10)14-2/h3-6,8H,7H2,1-2H3/b4-3+. The Morgan fingerprint density at radius 1 is 1.21 bits per heavy atom. The molecule has 14 heavy (non-hydrogen) atoms. The van der Waals surface area contributed by atoms with Crippen molar-refractivity contribution in [2.24, 2.45) is 0 Å². The van der Waals surface area contributed by atoms with Gasteiger partial charge in [-0.15, -0.1) is 0 Å². The second-order valence-corrected chi connectivity index (χ2v) is 3.32. The van der Waals surface area contributed by atoms with Crippen molar-refractivity contribution in [2.45, 2.75) is 0 Å². The Kier molecular flexibility index (Phi) is 4.53. The molecule has 0 heterocycles. The van der Waals surface area contributed by atoms with Crippen LogP contribution < -0.4 is 9.47 Å². The van der Waals surface area contributed by atoms with Crippen LogP contribution in [0.15, 0.2) is 24.3 Å². The summed E-state index contributed by atoms with van der Waals surface area (Å²) in [7, 11) is 3.27. The minimum atomic E-state index is 0.753. The fraction of sp³-hybridized carbons (Fsp3) is 0.273. The van der Waals surface area contributed by atoms with E-state index in [1.165, 1.54) is 0 Å². The van der Waals surface area contributed by atoms with Gasteiger partial charge in [0.25, 0.3) is 0 Å². The Bertz CT molecular complexity index is 321. The van der Waals surface area contributed by atoms with E-state index in [-0.39, 0.29) is 0 Å². The molecule has 0 fully saturated rings. The van der Waals surface area contributed by atoms with Gasteiger partial charge in [-0.3, -0.25) is 0 Å². The third kappa shape index (κ3) is 2.77. The van der Waals surface area contributed by atoms with Crippen LogP contribution in [0.25, 0.3) is 6.08 Å². The zero-order valence-corrected chi connectivity index (χ0v) is 9.87. The number of rotatable bonds is 4. The van der Waals surface area contributed by atoms with Crippen molar-refractivity contribution in [2.75, 3.05) is 19.5 Å². The van der Waals surface area contributed by atoms with Crippen LogP contribution in [0.2, 0.25) is 0 Å². The summed E-state index contributed by atoms with van der Waals surface area (Å²) in [6, 6.07) is 5.82. The van der Waals surface area contributed by atoms with E-state index in [9.17, 15) is 0 Å². The normalized spacial score (nSPS) is 10.5. The number of alkyl halides is 1. The third-order valence-corrected chi connectivity index (χ3v) is 2.18. The fourth-order valence-corrected chi connectivity index (χ4v) is 1.32. The second-order valence-electron chi connectivity index (χ2n) is 2.67. The molecule has 76 valence electrons. The predicted octanol–water partition coefficient (Wildman–Crippen LogP) is 3.11. The topological polar surface area (TPSA) is 18.5 Å². The molecular formula is C11H13BrO2. The molecule has 0 amide bonds. The largest absolute Gasteiger partial charge is 0.493 e. The Hall–Kier alpha value is -0.960. The van der Waals surface area contributed by atoms with E-state index in [0.29, 0.717) is 0 Å². The number of hydrogen-bond acceptors (Lipinski definition) is 2. The molecule has 0 radical (unpaired) electrons. The SMILES string of the molecule is COc1ccc(/C=C/CBr)cc1OC. The molecular weight excluding hydrogens is 244 g/mol. The van der Waals surface area contributed by atoms with Gasteiger partial charge in [-0.1, -0.05) is 34.1 Å². The molecule has 3 heteroatoms. The molecule has 0 N–H and O–H groups in total. The van der Waals surface area contributed by atoms with E-state index >= 15 is 0 Å². The summed E-state index contributed by atoms with van der Waals surface area (Å²) in [5.74, 6) is 1.51. The molecule has 0 bridgehead atoms. The first kappa shape index (κ1) is 11.1. The van der Waals surface area contributed by atoms with Crippen molar-refractivity contribution in [3.63, 3.8) is 0 Å². The Labute approximate surface area is 92.7 Å². The highest BCUT2D eigenvalue weighted by atomic mass is 79.9. The molecule has 0 saturated carbocycles. The minimum absolute atomic E-state index is 0.753. The van der Waals surface area contributed by atoms with Crippen LogP contribution >= 0.6 is 15.9 Å². The van der Waals surface area contributed by atoms with Gasteiger partial charge in [0.1, 0.15) is 0 Å². The van der Waals surface area contributed by atoms with Gasteiger partial charge < -0.3 is 9.47 Å². The maximum Gasteiger partial charge on any atom is 0.161 e. The number of allylic oxidation sites excluding steroid dienone is 1. The van der Waals surface area contributed by atoms with Gasteiger partial charge >= 0.3 is 0 Å². The lowest BCUT2D eigenvalue weighted by Gasteiger charge is -2.07. The lowest BCUT2D eigenvalue weighted by atomic mass is 10.2. The summed E-state index contributed by atoms with van der Waals surface area (Å²) in [5, 5.41) is 0.849. The van der Waals surface area contributed by atoms with Gasteiger partial charge in [0.15, 0.2) is 11.5 Å². The summed E-state index contributed by atoms with van der Waals surface area (Å²) >= 11 is 3.33. The van der Waals surface area contributed by atoms with Crippen LogP contribution in [0.5, 0.6) is 11.5 Å². The van der Waals surface area contributed by atoms with E-state index in [2.05, 4.69) is 15.9 Å². The van der Waals surface area contributed by atoms with Crippen molar-refractivity contribution in [1.29, 1.82) is 0 Å². The highest BCUT2D eigenvalue weighted by Gasteiger charge is 2.01. The molecule has 0 aromatic heterocycles. The van der Waals surface area contributed by atoms with Crippen LogP contribution in [0, 0.1) is 0 Å². The molecule has 0 atom stereocenters. The lowest BCUT2D eigenvalue weighted by molar-refractivity contribution is 0.355. The molecule has 0 spiro atoms. The maximum atomic E-state index is 5.19. The number of hydrogen-bond donors (Lipinski definition) is 0. The van der Waals surface area contributed by atoms with Gasteiger partial charge in [0.05, 0.1) is 14.2 Å².